The van der Waals surface area contributed by atoms with Crippen LogP contribution in [0.25, 0.3) is 11.0 Å². The van der Waals surface area contributed by atoms with E-state index in [0.717, 1.165) is 16.8 Å². The summed E-state index contributed by atoms with van der Waals surface area (Å²) in [4.78, 5) is 16.7. The van der Waals surface area contributed by atoms with E-state index >= 15 is 0 Å². The fourth-order valence-electron chi connectivity index (χ4n) is 2.75. The van der Waals surface area contributed by atoms with Gasteiger partial charge in [0, 0.05) is 11.8 Å². The van der Waals surface area contributed by atoms with Gasteiger partial charge in [0.15, 0.2) is 0 Å². The van der Waals surface area contributed by atoms with Crippen molar-refractivity contribution >= 4 is 22.6 Å². The molecule has 0 atom stereocenters. The number of anilines is 1. The molecule has 1 aromatic heterocycles. The van der Waals surface area contributed by atoms with E-state index in [-0.39, 0.29) is 12.5 Å². The molecule has 0 radical (unpaired) electrons. The van der Waals surface area contributed by atoms with E-state index in [0.29, 0.717) is 11.4 Å². The third kappa shape index (κ3) is 3.57. The maximum atomic E-state index is 12.4. The van der Waals surface area contributed by atoms with Crippen LogP contribution in [0.5, 0.6) is 11.5 Å². The first-order valence-electron chi connectivity index (χ1n) is 8.31. The minimum atomic E-state index is -0.120. The number of carbonyl (C=O) groups excluding carboxylic acids is 1. The molecule has 5 heteroatoms. The number of aromatic nitrogens is 2. The zero-order valence-electron chi connectivity index (χ0n) is 14.0. The Balaban J connectivity index is 1.45. The highest BCUT2D eigenvalue weighted by Gasteiger charge is 2.08. The quantitative estimate of drug-likeness (QED) is 0.582. The largest absolute Gasteiger partial charge is 0.457 e. The topological polar surface area (TPSA) is 56.2 Å². The van der Waals surface area contributed by atoms with E-state index < -0.39 is 0 Å². The van der Waals surface area contributed by atoms with Crippen LogP contribution in [0.4, 0.5) is 5.69 Å². The number of carbonyl (C=O) groups is 1. The average molecular weight is 343 g/mol. The Kier molecular flexibility index (Phi) is 4.35. The first-order valence-corrected chi connectivity index (χ1v) is 8.31. The molecular weight excluding hydrogens is 326 g/mol. The zero-order chi connectivity index (χ0) is 17.8. The molecule has 0 aliphatic carbocycles. The van der Waals surface area contributed by atoms with Crippen LogP contribution >= 0.6 is 0 Å². The minimum Gasteiger partial charge on any atom is -0.457 e. The van der Waals surface area contributed by atoms with Gasteiger partial charge in [-0.15, -0.1) is 0 Å². The van der Waals surface area contributed by atoms with Gasteiger partial charge in [-0.1, -0.05) is 36.4 Å². The molecular formula is C21H17N3O2. The number of benzene rings is 3. The summed E-state index contributed by atoms with van der Waals surface area (Å²) >= 11 is 0. The fourth-order valence-corrected chi connectivity index (χ4v) is 2.75. The van der Waals surface area contributed by atoms with Crippen LogP contribution in [-0.4, -0.2) is 15.5 Å². The van der Waals surface area contributed by atoms with E-state index in [9.17, 15) is 4.79 Å². The van der Waals surface area contributed by atoms with Crippen molar-refractivity contribution in [2.24, 2.45) is 0 Å². The molecule has 0 saturated carbocycles. The SMILES string of the molecule is O=C(Cn1cnc2ccccc21)Nc1cccc(Oc2ccccc2)c1. The molecule has 26 heavy (non-hydrogen) atoms. The second kappa shape index (κ2) is 7.11. The summed E-state index contributed by atoms with van der Waals surface area (Å²) in [6, 6.07) is 24.6. The van der Waals surface area contributed by atoms with Gasteiger partial charge in [-0.05, 0) is 36.4 Å². The van der Waals surface area contributed by atoms with Crippen LogP contribution in [0.2, 0.25) is 0 Å². The number of hydrogen-bond acceptors (Lipinski definition) is 3. The molecule has 4 aromatic rings. The van der Waals surface area contributed by atoms with Crippen molar-refractivity contribution in [2.45, 2.75) is 6.54 Å². The van der Waals surface area contributed by atoms with E-state index in [1.54, 1.807) is 12.4 Å². The van der Waals surface area contributed by atoms with Crippen molar-refractivity contribution < 1.29 is 9.53 Å². The monoisotopic (exact) mass is 343 g/mol. The van der Waals surface area contributed by atoms with E-state index in [4.69, 9.17) is 4.74 Å². The van der Waals surface area contributed by atoms with Gasteiger partial charge in [0.1, 0.15) is 18.0 Å². The highest BCUT2D eigenvalue weighted by atomic mass is 16.5. The third-order valence-electron chi connectivity index (χ3n) is 3.94. The second-order valence-electron chi connectivity index (χ2n) is 5.85. The molecule has 128 valence electrons. The molecule has 3 aromatic carbocycles. The number of para-hydroxylation sites is 3. The van der Waals surface area contributed by atoms with Gasteiger partial charge in [0.25, 0.3) is 0 Å². The first-order chi connectivity index (χ1) is 12.8. The number of rotatable bonds is 5. The Bertz CT molecular complexity index is 1040. The van der Waals surface area contributed by atoms with Gasteiger partial charge in [-0.3, -0.25) is 4.79 Å². The summed E-state index contributed by atoms with van der Waals surface area (Å²) in [6.45, 7) is 0.199. The summed E-state index contributed by atoms with van der Waals surface area (Å²) in [5.74, 6) is 1.30. The van der Waals surface area contributed by atoms with Gasteiger partial charge in [0.05, 0.1) is 17.4 Å². The molecule has 1 amide bonds. The summed E-state index contributed by atoms with van der Waals surface area (Å²) in [5.41, 5.74) is 2.50. The van der Waals surface area contributed by atoms with E-state index in [1.807, 2.05) is 77.4 Å². The lowest BCUT2D eigenvalue weighted by molar-refractivity contribution is -0.116. The molecule has 0 fully saturated rings. The molecule has 0 aliphatic rings. The smallest absolute Gasteiger partial charge is 0.244 e. The van der Waals surface area contributed by atoms with Crippen molar-refractivity contribution in [1.82, 2.24) is 9.55 Å². The summed E-state index contributed by atoms with van der Waals surface area (Å²) < 4.78 is 7.63. The van der Waals surface area contributed by atoms with Crippen molar-refractivity contribution in [1.29, 1.82) is 0 Å². The van der Waals surface area contributed by atoms with Gasteiger partial charge in [0.2, 0.25) is 5.91 Å². The predicted octanol–water partition coefficient (Wildman–Crippen LogP) is 4.47. The van der Waals surface area contributed by atoms with Crippen LogP contribution in [0.15, 0.2) is 85.2 Å². The van der Waals surface area contributed by atoms with Crippen LogP contribution in [-0.2, 0) is 11.3 Å². The van der Waals surface area contributed by atoms with E-state index in [2.05, 4.69) is 10.3 Å². The van der Waals surface area contributed by atoms with Crippen molar-refractivity contribution in [3.63, 3.8) is 0 Å². The average Bonchev–Trinajstić information content (AvgIpc) is 3.06. The van der Waals surface area contributed by atoms with Crippen molar-refractivity contribution in [2.75, 3.05) is 5.32 Å². The Labute approximate surface area is 150 Å². The van der Waals surface area contributed by atoms with Gasteiger partial charge >= 0.3 is 0 Å². The number of fused-ring (bicyclic) bond motifs is 1. The number of ether oxygens (including phenoxy) is 1. The highest BCUT2D eigenvalue weighted by molar-refractivity contribution is 5.91. The predicted molar refractivity (Wildman–Crippen MR) is 101 cm³/mol. The van der Waals surface area contributed by atoms with Gasteiger partial charge in [-0.25, -0.2) is 4.98 Å². The Morgan fingerprint density at radius 2 is 1.69 bits per heavy atom. The lowest BCUT2D eigenvalue weighted by Crippen LogP contribution is -2.18. The van der Waals surface area contributed by atoms with Crippen LogP contribution in [0.1, 0.15) is 0 Å². The molecule has 0 saturated heterocycles. The highest BCUT2D eigenvalue weighted by Crippen LogP contribution is 2.24. The number of amides is 1. The molecule has 0 spiro atoms. The Morgan fingerprint density at radius 1 is 0.923 bits per heavy atom. The van der Waals surface area contributed by atoms with Gasteiger partial charge < -0.3 is 14.6 Å². The first kappa shape index (κ1) is 15.9. The van der Waals surface area contributed by atoms with Crippen LogP contribution in [0.3, 0.4) is 0 Å². The summed E-state index contributed by atoms with van der Waals surface area (Å²) in [5, 5.41) is 2.90. The maximum Gasteiger partial charge on any atom is 0.244 e. The standard InChI is InChI=1S/C21H17N3O2/c25-21(14-24-15-22-19-11-4-5-12-20(19)24)23-16-7-6-10-18(13-16)26-17-8-2-1-3-9-17/h1-13,15H,14H2,(H,23,25). The maximum absolute atomic E-state index is 12.4. The van der Waals surface area contributed by atoms with Crippen molar-refractivity contribution in [3.8, 4) is 11.5 Å². The number of nitrogens with one attached hydrogen (secondary N) is 1. The summed E-state index contributed by atoms with van der Waals surface area (Å²) in [7, 11) is 0. The summed E-state index contributed by atoms with van der Waals surface area (Å²) in [6.07, 6.45) is 1.68. The molecule has 1 heterocycles. The number of hydrogen-bond donors (Lipinski definition) is 1. The van der Waals surface area contributed by atoms with Crippen LogP contribution < -0.4 is 10.1 Å². The van der Waals surface area contributed by atoms with Crippen LogP contribution in [0, 0.1) is 0 Å². The molecule has 1 N–H and O–H groups in total. The minimum absolute atomic E-state index is 0.120. The number of nitrogens with zero attached hydrogens (tertiary/aromatic N) is 2. The van der Waals surface area contributed by atoms with E-state index in [1.165, 1.54) is 0 Å². The zero-order valence-corrected chi connectivity index (χ0v) is 14.0. The fraction of sp³-hybridized carbons (Fsp3) is 0.0476. The lowest BCUT2D eigenvalue weighted by atomic mass is 10.3. The second-order valence-corrected chi connectivity index (χ2v) is 5.85. The van der Waals surface area contributed by atoms with Gasteiger partial charge in [-0.2, -0.15) is 0 Å². The molecule has 0 unspecified atom stereocenters. The van der Waals surface area contributed by atoms with Crippen molar-refractivity contribution in [3.05, 3.63) is 85.2 Å². The number of imidazole rings is 1. The molecule has 5 nitrogen and oxygen atoms in total. The molecule has 0 aliphatic heterocycles. The Morgan fingerprint density at radius 3 is 2.58 bits per heavy atom. The molecule has 0 bridgehead atoms. The lowest BCUT2D eigenvalue weighted by Gasteiger charge is -2.09. The molecule has 4 rings (SSSR count). The normalized spacial score (nSPS) is 10.6. The third-order valence-corrected chi connectivity index (χ3v) is 3.94. The Hall–Kier alpha value is -3.60.